The molecule has 0 radical (unpaired) electrons. The number of nitrogens with two attached hydrogens (primary N) is 1. The molecule has 0 saturated heterocycles. The number of rotatable bonds is 3. The molecule has 0 aliphatic rings. The first-order chi connectivity index (χ1) is 7.29. The second-order valence-corrected chi connectivity index (χ2v) is 3.86. The number of hydrogen-bond donors (Lipinski definition) is 1. The lowest BCUT2D eigenvalue weighted by Gasteiger charge is -2.14. The van der Waals surface area contributed by atoms with Gasteiger partial charge in [-0.25, -0.2) is 4.39 Å². The Morgan fingerprint density at radius 1 is 1.29 bits per heavy atom. The van der Waals surface area contributed by atoms with Crippen molar-refractivity contribution in [2.75, 3.05) is 0 Å². The molecule has 0 fully saturated rings. The molecule has 98 valence electrons. The summed E-state index contributed by atoms with van der Waals surface area (Å²) in [5, 5.41) is 0.185. The molecule has 0 aromatic heterocycles. The number of benzene rings is 1. The lowest BCUT2D eigenvalue weighted by Crippen LogP contribution is -2.16. The van der Waals surface area contributed by atoms with Crippen molar-refractivity contribution in [3.63, 3.8) is 0 Å². The third-order valence-corrected chi connectivity index (χ3v) is 2.34. The highest BCUT2D eigenvalue weighted by atomic mass is 35.5. The van der Waals surface area contributed by atoms with Gasteiger partial charge in [-0.3, -0.25) is 0 Å². The third kappa shape index (κ3) is 5.57. The summed E-state index contributed by atoms with van der Waals surface area (Å²) < 4.78 is 49.1. The van der Waals surface area contributed by atoms with E-state index in [0.29, 0.717) is 0 Å². The minimum Gasteiger partial charge on any atom is -0.324 e. The summed E-state index contributed by atoms with van der Waals surface area (Å²) in [4.78, 5) is 0. The molecular formula is C10H11Cl2F4N. The highest BCUT2D eigenvalue weighted by Crippen LogP contribution is 2.28. The number of alkyl halides is 3. The fraction of sp³-hybridized carbons (Fsp3) is 0.400. The van der Waals surface area contributed by atoms with Crippen LogP contribution in [0.5, 0.6) is 0 Å². The molecule has 17 heavy (non-hydrogen) atoms. The molecule has 0 unspecified atom stereocenters. The van der Waals surface area contributed by atoms with Gasteiger partial charge in [0, 0.05) is 23.0 Å². The lowest BCUT2D eigenvalue weighted by molar-refractivity contribution is -0.136. The van der Waals surface area contributed by atoms with Crippen LogP contribution in [0.2, 0.25) is 5.02 Å². The van der Waals surface area contributed by atoms with Gasteiger partial charge in [-0.15, -0.1) is 12.4 Å². The normalized spacial score (nSPS) is 13.1. The summed E-state index contributed by atoms with van der Waals surface area (Å²) in [6, 6.07) is 2.76. The van der Waals surface area contributed by atoms with E-state index in [-0.39, 0.29) is 29.4 Å². The molecule has 1 aromatic carbocycles. The molecule has 0 saturated carbocycles. The maximum Gasteiger partial charge on any atom is 0.389 e. The Morgan fingerprint density at radius 3 is 2.35 bits per heavy atom. The Kier molecular flexibility index (Phi) is 6.23. The van der Waals surface area contributed by atoms with Crippen LogP contribution in [0.1, 0.15) is 24.4 Å². The second kappa shape index (κ2) is 6.42. The van der Waals surface area contributed by atoms with Gasteiger partial charge in [-0.2, -0.15) is 13.2 Å². The van der Waals surface area contributed by atoms with Crippen LogP contribution >= 0.6 is 24.0 Å². The Bertz CT molecular complexity index is 368. The average Bonchev–Trinajstić information content (AvgIpc) is 2.13. The Hall–Kier alpha value is -0.520. The number of halogens is 6. The van der Waals surface area contributed by atoms with Crippen molar-refractivity contribution in [2.24, 2.45) is 5.73 Å². The largest absolute Gasteiger partial charge is 0.389 e. The zero-order valence-electron chi connectivity index (χ0n) is 8.60. The molecular weight excluding hydrogens is 281 g/mol. The average molecular weight is 292 g/mol. The molecule has 1 rings (SSSR count). The van der Waals surface area contributed by atoms with Gasteiger partial charge >= 0.3 is 6.18 Å². The molecule has 0 aliphatic carbocycles. The topological polar surface area (TPSA) is 26.0 Å². The third-order valence-electron chi connectivity index (χ3n) is 2.10. The van der Waals surface area contributed by atoms with E-state index in [1.54, 1.807) is 0 Å². The first-order valence-electron chi connectivity index (χ1n) is 4.57. The van der Waals surface area contributed by atoms with E-state index in [1.807, 2.05) is 0 Å². The van der Waals surface area contributed by atoms with Gasteiger partial charge in [0.05, 0.1) is 0 Å². The van der Waals surface area contributed by atoms with Crippen LogP contribution < -0.4 is 5.73 Å². The van der Waals surface area contributed by atoms with Crippen LogP contribution in [0.15, 0.2) is 18.2 Å². The Morgan fingerprint density at radius 2 is 1.88 bits per heavy atom. The van der Waals surface area contributed by atoms with E-state index < -0.39 is 24.5 Å². The molecule has 1 aromatic rings. The molecule has 1 atom stereocenters. The van der Waals surface area contributed by atoms with Crippen LogP contribution in [0.4, 0.5) is 17.6 Å². The van der Waals surface area contributed by atoms with Gasteiger partial charge in [0.15, 0.2) is 0 Å². The van der Waals surface area contributed by atoms with Crippen LogP contribution in [0, 0.1) is 5.82 Å². The molecule has 7 heteroatoms. The quantitative estimate of drug-likeness (QED) is 0.828. The summed E-state index contributed by atoms with van der Waals surface area (Å²) in [6.45, 7) is 0. The zero-order chi connectivity index (χ0) is 12.3. The maximum absolute atomic E-state index is 13.3. The fourth-order valence-corrected chi connectivity index (χ4v) is 1.44. The van der Waals surface area contributed by atoms with Crippen molar-refractivity contribution in [3.8, 4) is 0 Å². The number of hydrogen-bond acceptors (Lipinski definition) is 1. The van der Waals surface area contributed by atoms with Crippen LogP contribution in [0.25, 0.3) is 0 Å². The molecule has 0 amide bonds. The fourth-order valence-electron chi connectivity index (χ4n) is 1.28. The van der Waals surface area contributed by atoms with E-state index in [2.05, 4.69) is 0 Å². The van der Waals surface area contributed by atoms with Crippen molar-refractivity contribution >= 4 is 24.0 Å². The van der Waals surface area contributed by atoms with E-state index in [9.17, 15) is 17.6 Å². The van der Waals surface area contributed by atoms with Crippen molar-refractivity contribution < 1.29 is 17.6 Å². The van der Waals surface area contributed by atoms with E-state index in [1.165, 1.54) is 12.1 Å². The molecule has 0 aliphatic heterocycles. The van der Waals surface area contributed by atoms with Crippen LogP contribution in [-0.2, 0) is 0 Å². The van der Waals surface area contributed by atoms with E-state index in [4.69, 9.17) is 17.3 Å². The Labute approximate surface area is 107 Å². The minimum atomic E-state index is -4.28. The van der Waals surface area contributed by atoms with E-state index in [0.717, 1.165) is 6.07 Å². The first-order valence-corrected chi connectivity index (χ1v) is 4.94. The van der Waals surface area contributed by atoms with Crippen LogP contribution in [0.3, 0.4) is 0 Å². The summed E-state index contributed by atoms with van der Waals surface area (Å²) in [6.07, 6.45) is -5.65. The molecule has 0 spiro atoms. The molecule has 0 heterocycles. The van der Waals surface area contributed by atoms with Gasteiger partial charge in [0.25, 0.3) is 0 Å². The second-order valence-electron chi connectivity index (χ2n) is 3.43. The van der Waals surface area contributed by atoms with Crippen molar-refractivity contribution in [1.82, 2.24) is 0 Å². The molecule has 2 N–H and O–H groups in total. The van der Waals surface area contributed by atoms with Crippen molar-refractivity contribution in [3.05, 3.63) is 34.6 Å². The highest BCUT2D eigenvalue weighted by Gasteiger charge is 2.28. The van der Waals surface area contributed by atoms with Crippen molar-refractivity contribution in [1.29, 1.82) is 0 Å². The molecule has 1 nitrogen and oxygen atoms in total. The van der Waals surface area contributed by atoms with Gasteiger partial charge in [-0.05, 0) is 18.6 Å². The summed E-state index contributed by atoms with van der Waals surface area (Å²) in [5.41, 5.74) is 5.52. The summed E-state index contributed by atoms with van der Waals surface area (Å²) >= 11 is 5.51. The summed E-state index contributed by atoms with van der Waals surface area (Å²) in [7, 11) is 0. The minimum absolute atomic E-state index is 0. The predicted octanol–water partition coefficient (Wildman–Crippen LogP) is 4.24. The lowest BCUT2D eigenvalue weighted by atomic mass is 10.0. The predicted molar refractivity (Wildman–Crippen MR) is 60.9 cm³/mol. The van der Waals surface area contributed by atoms with Crippen molar-refractivity contribution in [2.45, 2.75) is 25.1 Å². The van der Waals surface area contributed by atoms with Gasteiger partial charge in [0.1, 0.15) is 5.82 Å². The summed E-state index contributed by atoms with van der Waals surface area (Å²) in [5.74, 6) is -0.679. The smallest absolute Gasteiger partial charge is 0.324 e. The van der Waals surface area contributed by atoms with Gasteiger partial charge in [-0.1, -0.05) is 17.7 Å². The Balaban J connectivity index is 0.00000256. The standard InChI is InChI=1S/C10H10ClF4N.ClH/c11-6-1-2-7(8(12)5-6)9(16)3-4-10(13,14)15;/h1-2,5,9H,3-4,16H2;1H/t9-;/m1./s1. The van der Waals surface area contributed by atoms with Gasteiger partial charge in [0.2, 0.25) is 0 Å². The monoisotopic (exact) mass is 291 g/mol. The first kappa shape index (κ1) is 16.5. The molecule has 0 bridgehead atoms. The SMILES string of the molecule is Cl.N[C@H](CCC(F)(F)F)c1ccc(Cl)cc1F. The van der Waals surface area contributed by atoms with Crippen LogP contribution in [-0.4, -0.2) is 6.18 Å². The van der Waals surface area contributed by atoms with E-state index >= 15 is 0 Å². The zero-order valence-corrected chi connectivity index (χ0v) is 10.2. The maximum atomic E-state index is 13.3. The van der Waals surface area contributed by atoms with Gasteiger partial charge < -0.3 is 5.73 Å². The highest BCUT2D eigenvalue weighted by molar-refractivity contribution is 6.30.